The van der Waals surface area contributed by atoms with Crippen LogP contribution >= 0.6 is 11.3 Å². The van der Waals surface area contributed by atoms with E-state index in [1.807, 2.05) is 43.3 Å². The number of aromatic nitrogens is 1. The van der Waals surface area contributed by atoms with Crippen LogP contribution in [-0.4, -0.2) is 36.3 Å². The third kappa shape index (κ3) is 5.73. The molecule has 0 bridgehead atoms. The second kappa shape index (κ2) is 11.7. The number of carbonyl (C=O) groups excluding carboxylic acids is 1. The Bertz CT molecular complexity index is 1540. The Morgan fingerprint density at radius 1 is 1.13 bits per heavy atom. The topological polar surface area (TPSA) is 86.3 Å². The number of nitrogens with zero attached hydrogens (tertiary/aromatic N) is 3. The highest BCUT2D eigenvalue weighted by atomic mass is 32.1. The van der Waals surface area contributed by atoms with E-state index in [0.717, 1.165) is 43.1 Å². The van der Waals surface area contributed by atoms with Gasteiger partial charge in [-0.15, -0.1) is 0 Å². The number of hydrogen-bond donors (Lipinski definition) is 0. The van der Waals surface area contributed by atoms with Crippen LogP contribution in [0.5, 0.6) is 5.75 Å². The number of ether oxygens (including phenoxy) is 2. The number of thiazole rings is 1. The van der Waals surface area contributed by atoms with Crippen molar-refractivity contribution in [3.63, 3.8) is 0 Å². The third-order valence-electron chi connectivity index (χ3n) is 6.89. The van der Waals surface area contributed by atoms with Crippen molar-refractivity contribution in [3.8, 4) is 5.75 Å². The lowest BCUT2D eigenvalue weighted by molar-refractivity contribution is -0.143. The van der Waals surface area contributed by atoms with E-state index < -0.39 is 12.0 Å². The van der Waals surface area contributed by atoms with Crippen LogP contribution in [0.4, 0.5) is 5.88 Å². The van der Waals surface area contributed by atoms with Gasteiger partial charge in [0.15, 0.2) is 10.7 Å². The Hall–Kier alpha value is -3.59. The van der Waals surface area contributed by atoms with Gasteiger partial charge < -0.3 is 18.8 Å². The summed E-state index contributed by atoms with van der Waals surface area (Å²) in [7, 11) is 0. The molecule has 0 radical (unpaired) electrons. The van der Waals surface area contributed by atoms with Crippen molar-refractivity contribution in [1.29, 1.82) is 0 Å². The lowest BCUT2D eigenvalue weighted by atomic mass is 9.96. The Morgan fingerprint density at radius 2 is 1.85 bits per heavy atom. The second-order valence-electron chi connectivity index (χ2n) is 10.1. The summed E-state index contributed by atoms with van der Waals surface area (Å²) < 4.78 is 19.4. The van der Waals surface area contributed by atoms with E-state index in [-0.39, 0.29) is 11.7 Å². The molecule has 0 aliphatic carbocycles. The summed E-state index contributed by atoms with van der Waals surface area (Å²) in [6.45, 7) is 9.82. The predicted molar refractivity (Wildman–Crippen MR) is 152 cm³/mol. The van der Waals surface area contributed by atoms with Crippen LogP contribution in [0.15, 0.2) is 61.9 Å². The zero-order valence-corrected chi connectivity index (χ0v) is 23.8. The van der Waals surface area contributed by atoms with E-state index in [9.17, 15) is 9.59 Å². The summed E-state index contributed by atoms with van der Waals surface area (Å²) in [6, 6.07) is 10.7. The minimum atomic E-state index is -0.672. The zero-order valence-electron chi connectivity index (χ0n) is 22.9. The normalized spacial score (nSPS) is 18.1. The number of hydrogen-bond acceptors (Lipinski definition) is 8. The molecule has 3 aromatic rings. The van der Waals surface area contributed by atoms with E-state index in [4.69, 9.17) is 13.9 Å². The van der Waals surface area contributed by atoms with Crippen LogP contribution in [0.2, 0.25) is 0 Å². The number of anilines is 1. The van der Waals surface area contributed by atoms with Gasteiger partial charge in [0, 0.05) is 25.2 Å². The van der Waals surface area contributed by atoms with Gasteiger partial charge in [0.2, 0.25) is 0 Å². The van der Waals surface area contributed by atoms with Gasteiger partial charge in [-0.2, -0.15) is 0 Å². The summed E-state index contributed by atoms with van der Waals surface area (Å²) in [5, 5.41) is 0. The predicted octanol–water partition coefficient (Wildman–Crippen LogP) is 4.56. The van der Waals surface area contributed by atoms with Crippen molar-refractivity contribution < 1.29 is 18.7 Å². The first-order valence-electron chi connectivity index (χ1n) is 13.7. The fraction of sp³-hybridized carbons (Fsp3) is 0.433. The minimum absolute atomic E-state index is 0.229. The van der Waals surface area contributed by atoms with Gasteiger partial charge in [-0.3, -0.25) is 9.36 Å². The summed E-state index contributed by atoms with van der Waals surface area (Å²) in [6.07, 6.45) is 6.26. The molecule has 1 fully saturated rings. The molecule has 2 aliphatic heterocycles. The van der Waals surface area contributed by atoms with Gasteiger partial charge in [-0.25, -0.2) is 9.79 Å². The lowest BCUT2D eigenvalue weighted by Crippen LogP contribution is -2.40. The molecule has 5 rings (SSSR count). The molecule has 9 heteroatoms. The largest absolute Gasteiger partial charge is 0.494 e. The number of benzene rings is 1. The Labute approximate surface area is 231 Å². The standard InChI is InChI=1S/C30H35N3O5S/c1-5-36-22-12-10-21(11-13-22)27-26(29(35)37-19(2)3)20(4)31-30-33(27)28(34)24(39-30)18-23-14-15-25(38-23)32-16-8-6-7-9-17-32/h10-15,18-19,27H,5-9,16-17H2,1-4H3/b24-18+/t27-/m0/s1. The van der Waals surface area contributed by atoms with Crippen molar-refractivity contribution in [2.45, 2.75) is 65.5 Å². The number of allylic oxidation sites excluding steroid dienone is 1. The number of esters is 1. The summed E-state index contributed by atoms with van der Waals surface area (Å²) in [4.78, 5) is 34.6. The van der Waals surface area contributed by atoms with Gasteiger partial charge in [-0.05, 0) is 64.3 Å². The highest BCUT2D eigenvalue weighted by Crippen LogP contribution is 2.32. The average molecular weight is 550 g/mol. The smallest absolute Gasteiger partial charge is 0.338 e. The number of carbonyl (C=O) groups is 1. The molecule has 8 nitrogen and oxygen atoms in total. The summed E-state index contributed by atoms with van der Waals surface area (Å²) >= 11 is 1.29. The number of rotatable bonds is 7. The highest BCUT2D eigenvalue weighted by molar-refractivity contribution is 7.07. The molecule has 0 spiro atoms. The zero-order chi connectivity index (χ0) is 27.5. The molecule has 1 saturated heterocycles. The summed E-state index contributed by atoms with van der Waals surface area (Å²) in [5.41, 5.74) is 1.44. The fourth-order valence-corrected chi connectivity index (χ4v) is 6.13. The second-order valence-corrected chi connectivity index (χ2v) is 11.1. The quantitative estimate of drug-likeness (QED) is 0.402. The fourth-order valence-electron chi connectivity index (χ4n) is 5.10. The van der Waals surface area contributed by atoms with Gasteiger partial charge in [-0.1, -0.05) is 36.3 Å². The first-order valence-corrected chi connectivity index (χ1v) is 14.5. The van der Waals surface area contributed by atoms with Crippen LogP contribution in [0, 0.1) is 0 Å². The maximum atomic E-state index is 13.9. The molecule has 39 heavy (non-hydrogen) atoms. The molecule has 206 valence electrons. The Kier molecular flexibility index (Phi) is 8.07. The lowest BCUT2D eigenvalue weighted by Gasteiger charge is -2.25. The van der Waals surface area contributed by atoms with Gasteiger partial charge in [0.1, 0.15) is 11.5 Å². The van der Waals surface area contributed by atoms with Crippen molar-refractivity contribution in [2.75, 3.05) is 24.6 Å². The molecule has 0 unspecified atom stereocenters. The van der Waals surface area contributed by atoms with Gasteiger partial charge in [0.25, 0.3) is 5.56 Å². The van der Waals surface area contributed by atoms with Crippen LogP contribution in [0.1, 0.15) is 70.7 Å². The average Bonchev–Trinajstić information content (AvgIpc) is 3.36. The Balaban J connectivity index is 1.57. The first kappa shape index (κ1) is 27.0. The highest BCUT2D eigenvalue weighted by Gasteiger charge is 2.33. The van der Waals surface area contributed by atoms with E-state index in [0.29, 0.717) is 33.0 Å². The van der Waals surface area contributed by atoms with Crippen molar-refractivity contribution in [2.24, 2.45) is 4.99 Å². The molecular weight excluding hydrogens is 514 g/mol. The van der Waals surface area contributed by atoms with E-state index in [2.05, 4.69) is 9.89 Å². The first-order chi connectivity index (χ1) is 18.9. The van der Waals surface area contributed by atoms with Crippen LogP contribution in [0.25, 0.3) is 6.08 Å². The number of fused-ring (bicyclic) bond motifs is 1. The van der Waals surface area contributed by atoms with E-state index >= 15 is 0 Å². The molecule has 2 aromatic heterocycles. The Morgan fingerprint density at radius 3 is 2.51 bits per heavy atom. The third-order valence-corrected chi connectivity index (χ3v) is 7.88. The van der Waals surface area contributed by atoms with Gasteiger partial charge in [0.05, 0.1) is 34.6 Å². The molecule has 0 N–H and O–H groups in total. The maximum Gasteiger partial charge on any atom is 0.338 e. The van der Waals surface area contributed by atoms with Crippen LogP contribution < -0.4 is 24.5 Å². The minimum Gasteiger partial charge on any atom is -0.494 e. The van der Waals surface area contributed by atoms with Crippen molar-refractivity contribution in [3.05, 3.63) is 78.7 Å². The van der Waals surface area contributed by atoms with Crippen LogP contribution in [0.3, 0.4) is 0 Å². The van der Waals surface area contributed by atoms with Crippen LogP contribution in [-0.2, 0) is 9.53 Å². The monoisotopic (exact) mass is 549 g/mol. The molecule has 0 saturated carbocycles. The van der Waals surface area contributed by atoms with E-state index in [1.54, 1.807) is 31.4 Å². The molecule has 0 amide bonds. The van der Waals surface area contributed by atoms with E-state index in [1.165, 1.54) is 24.2 Å². The molecular formula is C30H35N3O5S. The van der Waals surface area contributed by atoms with Crippen molar-refractivity contribution in [1.82, 2.24) is 4.57 Å². The molecule has 1 aromatic carbocycles. The molecule has 1 atom stereocenters. The van der Waals surface area contributed by atoms with Crippen molar-refractivity contribution >= 4 is 29.3 Å². The van der Waals surface area contributed by atoms with Gasteiger partial charge >= 0.3 is 5.97 Å². The SMILES string of the molecule is CCOc1ccc([C@H]2C(C(=O)OC(C)C)=C(C)N=c3s/c(=C/c4ccc(N5CCCCCC5)o4)c(=O)n32)cc1. The number of furan rings is 1. The maximum absolute atomic E-state index is 13.9. The molecule has 2 aliphatic rings. The molecule has 4 heterocycles. The summed E-state index contributed by atoms with van der Waals surface area (Å²) in [5.74, 6) is 1.69.